The van der Waals surface area contributed by atoms with E-state index in [1.807, 2.05) is 6.92 Å². The first kappa shape index (κ1) is 13.0. The zero-order valence-corrected chi connectivity index (χ0v) is 10.7. The van der Waals surface area contributed by atoms with E-state index in [1.165, 1.54) is 12.6 Å². The summed E-state index contributed by atoms with van der Waals surface area (Å²) in [5.41, 5.74) is 7.24. The van der Waals surface area contributed by atoms with Crippen LogP contribution >= 0.6 is 0 Å². The van der Waals surface area contributed by atoms with Crippen LogP contribution in [0.3, 0.4) is 0 Å². The minimum absolute atomic E-state index is 0.0508. The van der Waals surface area contributed by atoms with Gasteiger partial charge in [0.2, 0.25) is 0 Å². The maximum absolute atomic E-state index is 12.0. The summed E-state index contributed by atoms with van der Waals surface area (Å²) >= 11 is 0. The summed E-state index contributed by atoms with van der Waals surface area (Å²) in [4.78, 5) is 20.2. The summed E-state index contributed by atoms with van der Waals surface area (Å²) in [5, 5.41) is 2.98. The molecule has 1 aliphatic rings. The van der Waals surface area contributed by atoms with Crippen molar-refractivity contribution in [3.63, 3.8) is 0 Å². The smallest absolute Gasteiger partial charge is 0.271 e. The normalized spacial score (nSPS) is 24.3. The van der Waals surface area contributed by atoms with Crippen molar-refractivity contribution in [1.82, 2.24) is 15.3 Å². The topological polar surface area (TPSA) is 80.9 Å². The second kappa shape index (κ2) is 5.91. The SMILES string of the molecule is Cc1cnc(C(=O)NC2CCCCCC2N)cn1. The van der Waals surface area contributed by atoms with Gasteiger partial charge in [-0.25, -0.2) is 4.98 Å². The fourth-order valence-corrected chi connectivity index (χ4v) is 2.27. The summed E-state index contributed by atoms with van der Waals surface area (Å²) in [6.45, 7) is 1.84. The first-order valence-electron chi connectivity index (χ1n) is 6.52. The lowest BCUT2D eigenvalue weighted by Gasteiger charge is -2.22. The Morgan fingerprint density at radius 2 is 2.06 bits per heavy atom. The molecule has 5 heteroatoms. The standard InChI is InChI=1S/C13H20N4O/c1-9-7-16-12(8-15-9)13(18)17-11-6-4-2-3-5-10(11)14/h7-8,10-11H,2-6,14H2,1H3,(H,17,18). The lowest BCUT2D eigenvalue weighted by molar-refractivity contribution is 0.0923. The van der Waals surface area contributed by atoms with Gasteiger partial charge >= 0.3 is 0 Å². The van der Waals surface area contributed by atoms with Crippen molar-refractivity contribution in [3.8, 4) is 0 Å². The number of rotatable bonds is 2. The lowest BCUT2D eigenvalue weighted by atomic mass is 10.0. The van der Waals surface area contributed by atoms with Gasteiger partial charge in [0.05, 0.1) is 11.9 Å². The van der Waals surface area contributed by atoms with Crippen LogP contribution in [-0.2, 0) is 0 Å². The minimum Gasteiger partial charge on any atom is -0.346 e. The number of carbonyl (C=O) groups is 1. The number of aromatic nitrogens is 2. The Kier molecular flexibility index (Phi) is 4.25. The number of hydrogen-bond donors (Lipinski definition) is 2. The first-order valence-corrected chi connectivity index (χ1v) is 6.52. The van der Waals surface area contributed by atoms with E-state index in [1.54, 1.807) is 6.20 Å². The van der Waals surface area contributed by atoms with Crippen LogP contribution in [0.2, 0.25) is 0 Å². The van der Waals surface area contributed by atoms with Gasteiger partial charge in [-0.2, -0.15) is 0 Å². The van der Waals surface area contributed by atoms with E-state index >= 15 is 0 Å². The fourth-order valence-electron chi connectivity index (χ4n) is 2.27. The van der Waals surface area contributed by atoms with Gasteiger partial charge in [0.25, 0.3) is 5.91 Å². The quantitative estimate of drug-likeness (QED) is 0.770. The van der Waals surface area contributed by atoms with Gasteiger partial charge in [-0.05, 0) is 19.8 Å². The maximum atomic E-state index is 12.0. The number of amides is 1. The molecule has 98 valence electrons. The molecule has 1 aromatic heterocycles. The van der Waals surface area contributed by atoms with Crippen LogP contribution in [0.5, 0.6) is 0 Å². The van der Waals surface area contributed by atoms with E-state index in [9.17, 15) is 4.79 Å². The van der Waals surface area contributed by atoms with Crippen LogP contribution in [0.25, 0.3) is 0 Å². The highest BCUT2D eigenvalue weighted by atomic mass is 16.1. The fraction of sp³-hybridized carbons (Fsp3) is 0.615. The molecule has 0 spiro atoms. The van der Waals surface area contributed by atoms with Crippen molar-refractivity contribution >= 4 is 5.91 Å². The molecule has 2 atom stereocenters. The highest BCUT2D eigenvalue weighted by molar-refractivity contribution is 5.92. The highest BCUT2D eigenvalue weighted by Gasteiger charge is 2.22. The monoisotopic (exact) mass is 248 g/mol. The van der Waals surface area contributed by atoms with E-state index in [0.717, 1.165) is 31.4 Å². The zero-order chi connectivity index (χ0) is 13.0. The lowest BCUT2D eigenvalue weighted by Crippen LogP contribution is -2.47. The van der Waals surface area contributed by atoms with Crippen molar-refractivity contribution in [1.29, 1.82) is 0 Å². The molecule has 0 aliphatic heterocycles. The molecule has 1 fully saturated rings. The number of aryl methyl sites for hydroxylation is 1. The second-order valence-electron chi connectivity index (χ2n) is 4.92. The van der Waals surface area contributed by atoms with E-state index in [2.05, 4.69) is 15.3 Å². The Morgan fingerprint density at radius 1 is 1.28 bits per heavy atom. The predicted octanol–water partition coefficient (Wildman–Crippen LogP) is 1.17. The Morgan fingerprint density at radius 3 is 2.78 bits per heavy atom. The Hall–Kier alpha value is -1.49. The molecule has 5 nitrogen and oxygen atoms in total. The largest absolute Gasteiger partial charge is 0.346 e. The summed E-state index contributed by atoms with van der Waals surface area (Å²) in [6, 6.07) is 0.109. The number of nitrogens with one attached hydrogen (secondary N) is 1. The number of hydrogen-bond acceptors (Lipinski definition) is 4. The summed E-state index contributed by atoms with van der Waals surface area (Å²) < 4.78 is 0. The van der Waals surface area contributed by atoms with Gasteiger partial charge < -0.3 is 11.1 Å². The Balaban J connectivity index is 1.99. The van der Waals surface area contributed by atoms with Crippen molar-refractivity contribution in [2.24, 2.45) is 5.73 Å². The first-order chi connectivity index (χ1) is 8.66. The van der Waals surface area contributed by atoms with Crippen LogP contribution in [0, 0.1) is 6.92 Å². The van der Waals surface area contributed by atoms with Crippen molar-refractivity contribution in [2.75, 3.05) is 0 Å². The third-order valence-electron chi connectivity index (χ3n) is 3.40. The molecule has 0 radical (unpaired) electrons. The molecule has 1 saturated carbocycles. The van der Waals surface area contributed by atoms with E-state index < -0.39 is 0 Å². The number of nitrogens with zero attached hydrogens (tertiary/aromatic N) is 2. The molecule has 1 amide bonds. The minimum atomic E-state index is -0.176. The molecule has 2 unspecified atom stereocenters. The zero-order valence-electron chi connectivity index (χ0n) is 10.7. The molecule has 0 aromatic carbocycles. The van der Waals surface area contributed by atoms with Crippen LogP contribution in [0.1, 0.15) is 48.3 Å². The molecule has 0 bridgehead atoms. The number of nitrogens with two attached hydrogens (primary N) is 1. The summed E-state index contributed by atoms with van der Waals surface area (Å²) in [7, 11) is 0. The molecule has 1 heterocycles. The van der Waals surface area contributed by atoms with Crippen LogP contribution in [-0.4, -0.2) is 28.0 Å². The Labute approximate surface area is 107 Å². The van der Waals surface area contributed by atoms with Gasteiger partial charge in [-0.3, -0.25) is 9.78 Å². The van der Waals surface area contributed by atoms with E-state index in [-0.39, 0.29) is 18.0 Å². The third kappa shape index (κ3) is 3.26. The van der Waals surface area contributed by atoms with E-state index in [4.69, 9.17) is 5.73 Å². The molecule has 18 heavy (non-hydrogen) atoms. The summed E-state index contributed by atoms with van der Waals surface area (Å²) in [5.74, 6) is -0.176. The van der Waals surface area contributed by atoms with Gasteiger partial charge in [-0.15, -0.1) is 0 Å². The van der Waals surface area contributed by atoms with Gasteiger partial charge in [0, 0.05) is 18.3 Å². The number of carbonyl (C=O) groups excluding carboxylic acids is 1. The van der Waals surface area contributed by atoms with Crippen molar-refractivity contribution in [3.05, 3.63) is 23.8 Å². The van der Waals surface area contributed by atoms with Crippen LogP contribution in [0.15, 0.2) is 12.4 Å². The average molecular weight is 248 g/mol. The van der Waals surface area contributed by atoms with Crippen LogP contribution < -0.4 is 11.1 Å². The van der Waals surface area contributed by atoms with Crippen LogP contribution in [0.4, 0.5) is 0 Å². The molecule has 0 saturated heterocycles. The summed E-state index contributed by atoms with van der Waals surface area (Å²) in [6.07, 6.45) is 8.51. The molecule has 2 rings (SSSR count). The molecule has 3 N–H and O–H groups in total. The molecular formula is C13H20N4O. The maximum Gasteiger partial charge on any atom is 0.271 e. The predicted molar refractivity (Wildman–Crippen MR) is 69.1 cm³/mol. The van der Waals surface area contributed by atoms with Crippen molar-refractivity contribution in [2.45, 2.75) is 51.1 Å². The average Bonchev–Trinajstić information content (AvgIpc) is 2.56. The highest BCUT2D eigenvalue weighted by Crippen LogP contribution is 2.16. The third-order valence-corrected chi connectivity index (χ3v) is 3.40. The van der Waals surface area contributed by atoms with Gasteiger partial charge in [-0.1, -0.05) is 19.3 Å². The Bertz CT molecular complexity index is 404. The van der Waals surface area contributed by atoms with Crippen molar-refractivity contribution < 1.29 is 4.79 Å². The molecule has 1 aliphatic carbocycles. The van der Waals surface area contributed by atoms with Gasteiger partial charge in [0.1, 0.15) is 5.69 Å². The van der Waals surface area contributed by atoms with E-state index in [0.29, 0.717) is 5.69 Å². The molecule has 1 aromatic rings. The molecular weight excluding hydrogens is 228 g/mol. The second-order valence-corrected chi connectivity index (χ2v) is 4.92. The van der Waals surface area contributed by atoms with Gasteiger partial charge in [0.15, 0.2) is 0 Å².